The number of aliphatic hydroxyl groups excluding tert-OH is 1. The first-order chi connectivity index (χ1) is 8.83. The zero-order valence-corrected chi connectivity index (χ0v) is 12.3. The van der Waals surface area contributed by atoms with Gasteiger partial charge in [-0.3, -0.25) is 0 Å². The molecule has 19 heavy (non-hydrogen) atoms. The predicted molar refractivity (Wildman–Crippen MR) is 73.4 cm³/mol. The standard InChI is InChI=1S/C13H21NO4S/c1-10(2)18-9-8-14-19(16,17)13-6-4-12(5-7-13)11(3)15/h4-7,10-11,14-15H,8-9H2,1-3H3. The first-order valence-electron chi connectivity index (χ1n) is 6.22. The summed E-state index contributed by atoms with van der Waals surface area (Å²) in [7, 11) is -3.51. The highest BCUT2D eigenvalue weighted by Gasteiger charge is 2.13. The monoisotopic (exact) mass is 287 g/mol. The molecule has 0 spiro atoms. The van der Waals surface area contributed by atoms with Crippen molar-refractivity contribution in [2.45, 2.75) is 37.9 Å². The van der Waals surface area contributed by atoms with Gasteiger partial charge in [-0.05, 0) is 38.5 Å². The van der Waals surface area contributed by atoms with Gasteiger partial charge in [-0.25, -0.2) is 13.1 Å². The normalized spacial score (nSPS) is 13.7. The Labute approximate surface area is 114 Å². The van der Waals surface area contributed by atoms with E-state index in [1.807, 2.05) is 13.8 Å². The minimum absolute atomic E-state index is 0.0785. The van der Waals surface area contributed by atoms with Crippen molar-refractivity contribution in [3.8, 4) is 0 Å². The van der Waals surface area contributed by atoms with Crippen LogP contribution in [0.3, 0.4) is 0 Å². The molecule has 5 nitrogen and oxygen atoms in total. The molecule has 1 aromatic carbocycles. The topological polar surface area (TPSA) is 75.6 Å². The molecule has 0 aliphatic carbocycles. The van der Waals surface area contributed by atoms with E-state index in [1.165, 1.54) is 12.1 Å². The van der Waals surface area contributed by atoms with E-state index < -0.39 is 16.1 Å². The van der Waals surface area contributed by atoms with E-state index in [0.717, 1.165) is 0 Å². The Morgan fingerprint density at radius 1 is 1.21 bits per heavy atom. The molecule has 0 saturated heterocycles. The van der Waals surface area contributed by atoms with Crippen molar-refractivity contribution >= 4 is 10.0 Å². The lowest BCUT2D eigenvalue weighted by Crippen LogP contribution is -2.28. The fourth-order valence-corrected chi connectivity index (χ4v) is 2.49. The number of aliphatic hydroxyl groups is 1. The maximum atomic E-state index is 11.9. The summed E-state index contributed by atoms with van der Waals surface area (Å²) in [5, 5.41) is 9.36. The van der Waals surface area contributed by atoms with Crippen LogP contribution in [-0.2, 0) is 14.8 Å². The van der Waals surface area contributed by atoms with Gasteiger partial charge >= 0.3 is 0 Å². The van der Waals surface area contributed by atoms with Crippen LogP contribution in [0.5, 0.6) is 0 Å². The number of hydrogen-bond acceptors (Lipinski definition) is 4. The van der Waals surface area contributed by atoms with Crippen LogP contribution < -0.4 is 4.72 Å². The Morgan fingerprint density at radius 2 is 1.79 bits per heavy atom. The van der Waals surface area contributed by atoms with E-state index >= 15 is 0 Å². The summed E-state index contributed by atoms with van der Waals surface area (Å²) in [5.74, 6) is 0. The zero-order valence-electron chi connectivity index (χ0n) is 11.5. The van der Waals surface area contributed by atoms with Crippen LogP contribution in [0.4, 0.5) is 0 Å². The molecule has 0 radical (unpaired) electrons. The number of benzene rings is 1. The van der Waals surface area contributed by atoms with Gasteiger partial charge in [-0.1, -0.05) is 12.1 Å². The van der Waals surface area contributed by atoms with Crippen LogP contribution in [0.25, 0.3) is 0 Å². The number of sulfonamides is 1. The minimum Gasteiger partial charge on any atom is -0.389 e. The Morgan fingerprint density at radius 3 is 2.26 bits per heavy atom. The second kappa shape index (κ2) is 7.00. The molecule has 0 bridgehead atoms. The number of rotatable bonds is 7. The van der Waals surface area contributed by atoms with Crippen molar-refractivity contribution in [2.75, 3.05) is 13.2 Å². The summed E-state index contributed by atoms with van der Waals surface area (Å²) in [5.41, 5.74) is 0.682. The lowest BCUT2D eigenvalue weighted by Gasteiger charge is -2.10. The molecule has 0 aliphatic heterocycles. The molecular formula is C13H21NO4S. The molecule has 0 fully saturated rings. The average Bonchev–Trinajstić information content (AvgIpc) is 2.34. The Hall–Kier alpha value is -0.950. The largest absolute Gasteiger partial charge is 0.389 e. The van der Waals surface area contributed by atoms with Crippen molar-refractivity contribution in [1.82, 2.24) is 4.72 Å². The van der Waals surface area contributed by atoms with Crippen molar-refractivity contribution < 1.29 is 18.3 Å². The fourth-order valence-electron chi connectivity index (χ4n) is 1.48. The van der Waals surface area contributed by atoms with E-state index in [0.29, 0.717) is 12.2 Å². The quantitative estimate of drug-likeness (QED) is 0.744. The third kappa shape index (κ3) is 5.28. The van der Waals surface area contributed by atoms with Gasteiger partial charge in [-0.2, -0.15) is 0 Å². The molecule has 1 unspecified atom stereocenters. The Balaban J connectivity index is 2.62. The van der Waals surface area contributed by atoms with Gasteiger partial charge in [-0.15, -0.1) is 0 Å². The Bertz CT molecular complexity index is 480. The van der Waals surface area contributed by atoms with Crippen LogP contribution in [-0.4, -0.2) is 32.8 Å². The van der Waals surface area contributed by atoms with Crippen molar-refractivity contribution in [3.05, 3.63) is 29.8 Å². The van der Waals surface area contributed by atoms with E-state index in [1.54, 1.807) is 19.1 Å². The lowest BCUT2D eigenvalue weighted by atomic mass is 10.1. The predicted octanol–water partition coefficient (Wildman–Crippen LogP) is 1.44. The molecule has 0 aliphatic rings. The van der Waals surface area contributed by atoms with Crippen molar-refractivity contribution in [3.63, 3.8) is 0 Å². The summed E-state index contributed by atoms with van der Waals surface area (Å²) >= 11 is 0. The van der Waals surface area contributed by atoms with Crippen LogP contribution in [0.2, 0.25) is 0 Å². The highest BCUT2D eigenvalue weighted by atomic mass is 32.2. The third-order valence-corrected chi connectivity index (χ3v) is 4.00. The van der Waals surface area contributed by atoms with Gasteiger partial charge in [0.05, 0.1) is 23.7 Å². The fraction of sp³-hybridized carbons (Fsp3) is 0.538. The smallest absolute Gasteiger partial charge is 0.240 e. The molecule has 2 N–H and O–H groups in total. The molecule has 1 aromatic rings. The molecule has 1 atom stereocenters. The van der Waals surface area contributed by atoms with E-state index in [4.69, 9.17) is 4.74 Å². The van der Waals surface area contributed by atoms with Gasteiger partial charge in [0, 0.05) is 6.54 Å². The van der Waals surface area contributed by atoms with Gasteiger partial charge in [0.15, 0.2) is 0 Å². The van der Waals surface area contributed by atoms with Crippen LogP contribution in [0, 0.1) is 0 Å². The second-order valence-electron chi connectivity index (χ2n) is 4.56. The molecular weight excluding hydrogens is 266 g/mol. The van der Waals surface area contributed by atoms with Gasteiger partial charge in [0.2, 0.25) is 10.0 Å². The molecule has 0 aromatic heterocycles. The molecule has 108 valence electrons. The van der Waals surface area contributed by atoms with E-state index in [9.17, 15) is 13.5 Å². The number of ether oxygens (including phenoxy) is 1. The zero-order chi connectivity index (χ0) is 14.5. The highest BCUT2D eigenvalue weighted by molar-refractivity contribution is 7.89. The summed E-state index contributed by atoms with van der Waals surface area (Å²) in [6.07, 6.45) is -0.529. The van der Waals surface area contributed by atoms with Gasteiger partial charge < -0.3 is 9.84 Å². The summed E-state index contributed by atoms with van der Waals surface area (Å²) in [4.78, 5) is 0.182. The minimum atomic E-state index is -3.51. The third-order valence-electron chi connectivity index (χ3n) is 2.52. The van der Waals surface area contributed by atoms with Crippen LogP contribution >= 0.6 is 0 Å². The highest BCUT2D eigenvalue weighted by Crippen LogP contribution is 2.15. The summed E-state index contributed by atoms with van der Waals surface area (Å²) < 4.78 is 31.6. The number of nitrogens with one attached hydrogen (secondary N) is 1. The SMILES string of the molecule is CC(C)OCCNS(=O)(=O)c1ccc(C(C)O)cc1. The van der Waals surface area contributed by atoms with Gasteiger partial charge in [0.1, 0.15) is 0 Å². The molecule has 0 heterocycles. The van der Waals surface area contributed by atoms with Crippen LogP contribution in [0.1, 0.15) is 32.4 Å². The lowest BCUT2D eigenvalue weighted by molar-refractivity contribution is 0.0834. The number of hydrogen-bond donors (Lipinski definition) is 2. The molecule has 1 rings (SSSR count). The first kappa shape index (κ1) is 16.1. The summed E-state index contributed by atoms with van der Waals surface area (Å²) in [6.45, 7) is 5.99. The Kier molecular flexibility index (Phi) is 5.93. The maximum Gasteiger partial charge on any atom is 0.240 e. The first-order valence-corrected chi connectivity index (χ1v) is 7.70. The molecule has 0 amide bonds. The maximum absolute atomic E-state index is 11.9. The molecule has 0 saturated carbocycles. The van der Waals surface area contributed by atoms with E-state index in [-0.39, 0.29) is 17.5 Å². The molecule has 6 heteroatoms. The van der Waals surface area contributed by atoms with Gasteiger partial charge in [0.25, 0.3) is 0 Å². The van der Waals surface area contributed by atoms with Crippen molar-refractivity contribution in [1.29, 1.82) is 0 Å². The van der Waals surface area contributed by atoms with Crippen molar-refractivity contribution in [2.24, 2.45) is 0 Å². The second-order valence-corrected chi connectivity index (χ2v) is 6.33. The summed E-state index contributed by atoms with van der Waals surface area (Å²) in [6, 6.07) is 6.16. The van der Waals surface area contributed by atoms with Crippen LogP contribution in [0.15, 0.2) is 29.2 Å². The van der Waals surface area contributed by atoms with E-state index in [2.05, 4.69) is 4.72 Å². The average molecular weight is 287 g/mol.